The topological polar surface area (TPSA) is 81.8 Å². The lowest BCUT2D eigenvalue weighted by Gasteiger charge is -2.12. The molecule has 0 bridgehead atoms. The highest BCUT2D eigenvalue weighted by molar-refractivity contribution is 7.99. The molecule has 0 fully saturated rings. The highest BCUT2D eigenvalue weighted by Gasteiger charge is 2.16. The van der Waals surface area contributed by atoms with Crippen molar-refractivity contribution in [2.24, 2.45) is 7.05 Å². The zero-order valence-corrected chi connectivity index (χ0v) is 18.4. The molecule has 1 amide bonds. The summed E-state index contributed by atoms with van der Waals surface area (Å²) in [6.07, 6.45) is 1.71. The zero-order valence-electron chi connectivity index (χ0n) is 17.6. The molecule has 8 heteroatoms. The van der Waals surface area contributed by atoms with E-state index in [1.165, 1.54) is 17.3 Å². The first-order valence-electron chi connectivity index (χ1n) is 9.89. The highest BCUT2D eigenvalue weighted by Crippen LogP contribution is 2.20. The van der Waals surface area contributed by atoms with Crippen molar-refractivity contribution in [2.75, 3.05) is 11.1 Å². The van der Waals surface area contributed by atoms with Crippen LogP contribution in [0.15, 0.2) is 64.7 Å². The normalized spacial score (nSPS) is 11.1. The molecule has 2 aromatic carbocycles. The monoisotopic (exact) mass is 433 g/mol. The number of thioether (sulfide) groups is 1. The number of amides is 1. The van der Waals surface area contributed by atoms with Gasteiger partial charge in [0.15, 0.2) is 10.7 Å². The average Bonchev–Trinajstić information content (AvgIpc) is 3.13. The molecule has 0 saturated carbocycles. The maximum absolute atomic E-state index is 13.1. The second-order valence-corrected chi connectivity index (χ2v) is 8.39. The number of carbonyl (C=O) groups is 1. The summed E-state index contributed by atoms with van der Waals surface area (Å²) in [4.78, 5) is 30.3. The number of hydrogen-bond acceptors (Lipinski definition) is 5. The Hall–Kier alpha value is -3.39. The Morgan fingerprint density at radius 1 is 1.10 bits per heavy atom. The number of nitrogens with zero attached hydrogens (tertiary/aromatic N) is 4. The van der Waals surface area contributed by atoms with Crippen molar-refractivity contribution < 1.29 is 4.79 Å². The summed E-state index contributed by atoms with van der Waals surface area (Å²) in [5, 5.41) is 7.66. The smallest absolute Gasteiger partial charge is 0.282 e. The van der Waals surface area contributed by atoms with Gasteiger partial charge in [-0.2, -0.15) is 5.10 Å². The fourth-order valence-electron chi connectivity index (χ4n) is 3.25. The molecule has 4 rings (SSSR count). The Morgan fingerprint density at radius 3 is 2.61 bits per heavy atom. The molecule has 0 aliphatic heterocycles. The molecule has 0 radical (unpaired) electrons. The maximum atomic E-state index is 13.1. The Labute approximate surface area is 184 Å². The van der Waals surface area contributed by atoms with E-state index in [-0.39, 0.29) is 17.2 Å². The fourth-order valence-corrected chi connectivity index (χ4v) is 4.05. The van der Waals surface area contributed by atoms with Crippen LogP contribution in [-0.2, 0) is 18.4 Å². The van der Waals surface area contributed by atoms with Gasteiger partial charge in [0.2, 0.25) is 5.91 Å². The lowest BCUT2D eigenvalue weighted by atomic mass is 10.1. The molecule has 31 heavy (non-hydrogen) atoms. The molecule has 2 aromatic heterocycles. The first-order chi connectivity index (χ1) is 14.9. The van der Waals surface area contributed by atoms with Gasteiger partial charge >= 0.3 is 0 Å². The van der Waals surface area contributed by atoms with Crippen LogP contribution in [-0.4, -0.2) is 31.0 Å². The van der Waals surface area contributed by atoms with Gasteiger partial charge in [0.25, 0.3) is 5.56 Å². The van der Waals surface area contributed by atoms with Crippen molar-refractivity contribution in [3.63, 3.8) is 0 Å². The average molecular weight is 434 g/mol. The third-order valence-corrected chi connectivity index (χ3v) is 5.99. The number of nitrogens with one attached hydrogen (secondary N) is 1. The molecule has 4 aromatic rings. The molecule has 1 N–H and O–H groups in total. The number of carbonyl (C=O) groups excluding carboxylic acids is 1. The van der Waals surface area contributed by atoms with E-state index in [1.807, 2.05) is 62.4 Å². The number of aryl methyl sites for hydroxylation is 3. The van der Waals surface area contributed by atoms with Crippen molar-refractivity contribution in [2.45, 2.75) is 25.5 Å². The number of rotatable bonds is 6. The molecule has 158 valence electrons. The van der Waals surface area contributed by atoms with E-state index in [2.05, 4.69) is 15.4 Å². The molecule has 7 nitrogen and oxygen atoms in total. The van der Waals surface area contributed by atoms with Gasteiger partial charge in [-0.15, -0.1) is 0 Å². The standard InChI is InChI=1S/C23H23N5O2S/c1-15-9-10-18(11-16(15)2)24-20(29)14-31-23-25-19-13-27(3)26-21(19)22(30)28(23)12-17-7-5-4-6-8-17/h4-11,13H,12,14H2,1-3H3,(H,24,29). The van der Waals surface area contributed by atoms with Crippen molar-refractivity contribution in [1.82, 2.24) is 19.3 Å². The lowest BCUT2D eigenvalue weighted by Crippen LogP contribution is -2.25. The van der Waals surface area contributed by atoms with Crippen molar-refractivity contribution in [3.8, 4) is 0 Å². The van der Waals surface area contributed by atoms with Crippen LogP contribution in [0.25, 0.3) is 11.0 Å². The van der Waals surface area contributed by atoms with E-state index in [0.717, 1.165) is 16.8 Å². The summed E-state index contributed by atoms with van der Waals surface area (Å²) >= 11 is 1.24. The maximum Gasteiger partial charge on any atom is 0.282 e. The predicted molar refractivity (Wildman–Crippen MR) is 124 cm³/mol. The summed E-state index contributed by atoms with van der Waals surface area (Å²) in [6.45, 7) is 4.40. The molecular formula is C23H23N5O2S. The van der Waals surface area contributed by atoms with Crippen LogP contribution in [0, 0.1) is 13.8 Å². The number of fused-ring (bicyclic) bond motifs is 1. The van der Waals surface area contributed by atoms with Crippen LogP contribution in [0.4, 0.5) is 5.69 Å². The van der Waals surface area contributed by atoms with E-state index in [4.69, 9.17) is 0 Å². The Morgan fingerprint density at radius 2 is 1.87 bits per heavy atom. The SMILES string of the molecule is Cc1ccc(NC(=O)CSc2nc3cn(C)nc3c(=O)n2Cc2ccccc2)cc1C. The van der Waals surface area contributed by atoms with E-state index < -0.39 is 0 Å². The van der Waals surface area contributed by atoms with Crippen LogP contribution in [0.1, 0.15) is 16.7 Å². The van der Waals surface area contributed by atoms with Gasteiger partial charge in [-0.25, -0.2) is 4.98 Å². The Kier molecular flexibility index (Phi) is 5.90. The van der Waals surface area contributed by atoms with Gasteiger partial charge in [-0.05, 0) is 42.7 Å². The number of hydrogen-bond donors (Lipinski definition) is 1. The van der Waals surface area contributed by atoms with E-state index in [0.29, 0.717) is 22.7 Å². The third-order valence-electron chi connectivity index (χ3n) is 5.01. The third kappa shape index (κ3) is 4.69. The molecular weight excluding hydrogens is 410 g/mol. The second kappa shape index (κ2) is 8.77. The largest absolute Gasteiger partial charge is 0.325 e. The number of benzene rings is 2. The van der Waals surface area contributed by atoms with Crippen LogP contribution in [0.3, 0.4) is 0 Å². The lowest BCUT2D eigenvalue weighted by molar-refractivity contribution is -0.113. The molecule has 0 saturated heterocycles. The minimum absolute atomic E-state index is 0.139. The molecule has 2 heterocycles. The van der Waals surface area contributed by atoms with E-state index in [9.17, 15) is 9.59 Å². The van der Waals surface area contributed by atoms with Crippen LogP contribution < -0.4 is 10.9 Å². The molecule has 0 atom stereocenters. The fraction of sp³-hybridized carbons (Fsp3) is 0.217. The summed E-state index contributed by atoms with van der Waals surface area (Å²) in [6, 6.07) is 15.5. The molecule has 0 spiro atoms. The summed E-state index contributed by atoms with van der Waals surface area (Å²) in [5.41, 5.74) is 4.65. The minimum atomic E-state index is -0.216. The molecule has 0 aliphatic carbocycles. The second-order valence-electron chi connectivity index (χ2n) is 7.44. The van der Waals surface area contributed by atoms with E-state index in [1.54, 1.807) is 22.5 Å². The number of aromatic nitrogens is 4. The first kappa shape index (κ1) is 20.9. The van der Waals surface area contributed by atoms with Crippen LogP contribution >= 0.6 is 11.8 Å². The van der Waals surface area contributed by atoms with Gasteiger partial charge < -0.3 is 5.32 Å². The van der Waals surface area contributed by atoms with Crippen LogP contribution in [0.5, 0.6) is 0 Å². The van der Waals surface area contributed by atoms with Gasteiger partial charge in [-0.3, -0.25) is 18.8 Å². The Balaban J connectivity index is 1.59. The number of anilines is 1. The summed E-state index contributed by atoms with van der Waals surface area (Å²) in [7, 11) is 1.76. The van der Waals surface area contributed by atoms with Crippen molar-refractivity contribution >= 4 is 34.4 Å². The first-order valence-corrected chi connectivity index (χ1v) is 10.9. The van der Waals surface area contributed by atoms with Gasteiger partial charge in [-0.1, -0.05) is 48.2 Å². The predicted octanol–water partition coefficient (Wildman–Crippen LogP) is 3.53. The summed E-state index contributed by atoms with van der Waals surface area (Å²) in [5.74, 6) is -0.0139. The van der Waals surface area contributed by atoms with Crippen LogP contribution in [0.2, 0.25) is 0 Å². The van der Waals surface area contributed by atoms with Gasteiger partial charge in [0.1, 0.15) is 5.52 Å². The van der Waals surface area contributed by atoms with Crippen molar-refractivity contribution in [3.05, 3.63) is 81.8 Å². The molecule has 0 unspecified atom stereocenters. The Bertz CT molecular complexity index is 1310. The zero-order chi connectivity index (χ0) is 22.0. The minimum Gasteiger partial charge on any atom is -0.325 e. The van der Waals surface area contributed by atoms with Gasteiger partial charge in [0.05, 0.1) is 18.5 Å². The van der Waals surface area contributed by atoms with E-state index >= 15 is 0 Å². The summed E-state index contributed by atoms with van der Waals surface area (Å²) < 4.78 is 3.16. The quantitative estimate of drug-likeness (QED) is 0.372. The van der Waals surface area contributed by atoms with Gasteiger partial charge in [0, 0.05) is 12.7 Å². The highest BCUT2D eigenvalue weighted by atomic mass is 32.2. The molecule has 0 aliphatic rings. The van der Waals surface area contributed by atoms with Crippen molar-refractivity contribution in [1.29, 1.82) is 0 Å².